The van der Waals surface area contributed by atoms with Gasteiger partial charge in [-0.3, -0.25) is 10.1 Å². The van der Waals surface area contributed by atoms with E-state index in [4.69, 9.17) is 4.74 Å². The quantitative estimate of drug-likeness (QED) is 0.609. The molecule has 6 nitrogen and oxygen atoms in total. The van der Waals surface area contributed by atoms with Crippen LogP contribution in [0.2, 0.25) is 0 Å². The van der Waals surface area contributed by atoms with Gasteiger partial charge in [0.15, 0.2) is 0 Å². The number of hydrogen-bond acceptors (Lipinski definition) is 5. The molecule has 2 rings (SSSR count). The van der Waals surface area contributed by atoms with Crippen LogP contribution in [0.15, 0.2) is 24.3 Å². The molecule has 6 heteroatoms. The van der Waals surface area contributed by atoms with Gasteiger partial charge in [0, 0.05) is 43.9 Å². The predicted octanol–water partition coefficient (Wildman–Crippen LogP) is 1.47. The van der Waals surface area contributed by atoms with Gasteiger partial charge in [0.25, 0.3) is 5.69 Å². The molecule has 1 aliphatic rings. The number of nitrogens with zero attached hydrogens (tertiary/aromatic N) is 1. The van der Waals surface area contributed by atoms with Crippen LogP contribution >= 0.6 is 0 Å². The van der Waals surface area contributed by atoms with E-state index < -0.39 is 4.92 Å². The summed E-state index contributed by atoms with van der Waals surface area (Å²) >= 11 is 0. The number of aliphatic hydroxyl groups is 1. The second kappa shape index (κ2) is 6.78. The Bertz CT molecular complexity index is 441. The van der Waals surface area contributed by atoms with E-state index in [0.29, 0.717) is 19.8 Å². The van der Waals surface area contributed by atoms with Crippen LogP contribution in [0.5, 0.6) is 0 Å². The Labute approximate surface area is 117 Å². The molecule has 1 heterocycles. The number of ether oxygens (including phenoxy) is 1. The fourth-order valence-corrected chi connectivity index (χ4v) is 2.40. The van der Waals surface area contributed by atoms with Gasteiger partial charge in [-0.25, -0.2) is 0 Å². The summed E-state index contributed by atoms with van der Waals surface area (Å²) in [6.07, 6.45) is 1.72. The smallest absolute Gasteiger partial charge is 0.269 e. The highest BCUT2D eigenvalue weighted by molar-refractivity contribution is 5.32. The maximum atomic E-state index is 10.6. The Balaban J connectivity index is 1.84. The van der Waals surface area contributed by atoms with Crippen LogP contribution in [-0.4, -0.2) is 36.4 Å². The number of nitro groups is 1. The average Bonchev–Trinajstić information content (AvgIpc) is 2.49. The number of nitrogens with one attached hydrogen (secondary N) is 1. The lowest BCUT2D eigenvalue weighted by Gasteiger charge is -2.35. The molecule has 1 aromatic carbocycles. The summed E-state index contributed by atoms with van der Waals surface area (Å²) in [4.78, 5) is 10.2. The van der Waals surface area contributed by atoms with Crippen molar-refractivity contribution in [2.75, 3.05) is 26.4 Å². The van der Waals surface area contributed by atoms with Gasteiger partial charge in [-0.15, -0.1) is 0 Å². The van der Waals surface area contributed by atoms with Crippen molar-refractivity contribution in [3.05, 3.63) is 39.9 Å². The Hall–Kier alpha value is -1.50. The van der Waals surface area contributed by atoms with Crippen molar-refractivity contribution in [3.63, 3.8) is 0 Å². The maximum absolute atomic E-state index is 10.6. The molecule has 0 aliphatic carbocycles. The molecule has 0 bridgehead atoms. The molecule has 1 saturated heterocycles. The van der Waals surface area contributed by atoms with E-state index in [0.717, 1.165) is 24.9 Å². The van der Waals surface area contributed by atoms with Crippen LogP contribution in [0, 0.1) is 15.5 Å². The Morgan fingerprint density at radius 2 is 1.95 bits per heavy atom. The zero-order chi connectivity index (χ0) is 14.4. The lowest BCUT2D eigenvalue weighted by Crippen LogP contribution is -2.41. The van der Waals surface area contributed by atoms with Crippen LogP contribution in [0.4, 0.5) is 5.69 Å². The van der Waals surface area contributed by atoms with E-state index >= 15 is 0 Å². The second-order valence-electron chi connectivity index (χ2n) is 5.30. The Morgan fingerprint density at radius 1 is 1.30 bits per heavy atom. The first-order valence-electron chi connectivity index (χ1n) is 6.78. The monoisotopic (exact) mass is 280 g/mol. The fourth-order valence-electron chi connectivity index (χ4n) is 2.40. The highest BCUT2D eigenvalue weighted by atomic mass is 16.6. The van der Waals surface area contributed by atoms with Crippen LogP contribution in [-0.2, 0) is 11.3 Å². The van der Waals surface area contributed by atoms with Crippen molar-refractivity contribution in [2.24, 2.45) is 5.41 Å². The average molecular weight is 280 g/mol. The summed E-state index contributed by atoms with van der Waals surface area (Å²) in [5, 5.41) is 23.5. The fraction of sp³-hybridized carbons (Fsp3) is 0.571. The van der Waals surface area contributed by atoms with Crippen molar-refractivity contribution in [1.82, 2.24) is 5.32 Å². The summed E-state index contributed by atoms with van der Waals surface area (Å²) in [5.41, 5.74) is 1.000. The van der Waals surface area contributed by atoms with Gasteiger partial charge < -0.3 is 15.2 Å². The van der Waals surface area contributed by atoms with Gasteiger partial charge in [0.1, 0.15) is 0 Å². The van der Waals surface area contributed by atoms with Crippen LogP contribution < -0.4 is 5.32 Å². The second-order valence-corrected chi connectivity index (χ2v) is 5.30. The van der Waals surface area contributed by atoms with Gasteiger partial charge in [0.2, 0.25) is 0 Å². The van der Waals surface area contributed by atoms with Crippen molar-refractivity contribution < 1.29 is 14.8 Å². The molecule has 0 unspecified atom stereocenters. The van der Waals surface area contributed by atoms with E-state index in [1.165, 1.54) is 12.1 Å². The first-order chi connectivity index (χ1) is 9.65. The Kier molecular flexibility index (Phi) is 5.05. The zero-order valence-electron chi connectivity index (χ0n) is 11.4. The summed E-state index contributed by atoms with van der Waals surface area (Å²) in [5.74, 6) is 0. The minimum Gasteiger partial charge on any atom is -0.396 e. The zero-order valence-corrected chi connectivity index (χ0v) is 11.4. The first kappa shape index (κ1) is 14.9. The molecular formula is C14H20N2O4. The highest BCUT2D eigenvalue weighted by Crippen LogP contribution is 2.29. The third-order valence-corrected chi connectivity index (χ3v) is 3.87. The van der Waals surface area contributed by atoms with Crippen LogP contribution in [0.1, 0.15) is 18.4 Å². The molecule has 0 aromatic heterocycles. The minimum absolute atomic E-state index is 0.0982. The number of non-ortho nitro benzene ring substituents is 1. The first-order valence-corrected chi connectivity index (χ1v) is 6.78. The Morgan fingerprint density at radius 3 is 2.50 bits per heavy atom. The predicted molar refractivity (Wildman–Crippen MR) is 74.4 cm³/mol. The normalized spacial score (nSPS) is 17.9. The van der Waals surface area contributed by atoms with Crippen molar-refractivity contribution in [2.45, 2.75) is 19.4 Å². The van der Waals surface area contributed by atoms with E-state index in [9.17, 15) is 15.2 Å². The van der Waals surface area contributed by atoms with Crippen molar-refractivity contribution in [3.8, 4) is 0 Å². The minimum atomic E-state index is -0.403. The molecule has 1 aliphatic heterocycles. The van der Waals surface area contributed by atoms with Crippen molar-refractivity contribution in [1.29, 1.82) is 0 Å². The molecule has 0 amide bonds. The molecule has 0 atom stereocenters. The molecular weight excluding hydrogens is 260 g/mol. The van der Waals surface area contributed by atoms with Gasteiger partial charge >= 0.3 is 0 Å². The van der Waals surface area contributed by atoms with Crippen LogP contribution in [0.25, 0.3) is 0 Å². The van der Waals surface area contributed by atoms with E-state index in [1.54, 1.807) is 12.1 Å². The number of benzene rings is 1. The molecule has 1 fully saturated rings. The molecule has 2 N–H and O–H groups in total. The van der Waals surface area contributed by atoms with E-state index in [2.05, 4.69) is 5.32 Å². The maximum Gasteiger partial charge on any atom is 0.269 e. The van der Waals surface area contributed by atoms with Gasteiger partial charge in [-0.2, -0.15) is 0 Å². The van der Waals surface area contributed by atoms with Crippen LogP contribution in [0.3, 0.4) is 0 Å². The van der Waals surface area contributed by atoms with Crippen molar-refractivity contribution >= 4 is 5.69 Å². The van der Waals surface area contributed by atoms with Gasteiger partial charge in [-0.1, -0.05) is 12.1 Å². The largest absolute Gasteiger partial charge is 0.396 e. The van der Waals surface area contributed by atoms with E-state index in [1.807, 2.05) is 0 Å². The SMILES string of the molecule is O=[N+]([O-])c1ccc(CNCC2(CO)CCOCC2)cc1. The number of rotatable bonds is 6. The number of hydrogen-bond donors (Lipinski definition) is 2. The summed E-state index contributed by atoms with van der Waals surface area (Å²) in [6, 6.07) is 6.52. The molecule has 1 aromatic rings. The molecule has 0 radical (unpaired) electrons. The molecule has 0 spiro atoms. The molecule has 110 valence electrons. The topological polar surface area (TPSA) is 84.6 Å². The van der Waals surface area contributed by atoms with E-state index in [-0.39, 0.29) is 17.7 Å². The third kappa shape index (κ3) is 3.75. The van der Waals surface area contributed by atoms with Gasteiger partial charge in [-0.05, 0) is 18.4 Å². The summed E-state index contributed by atoms with van der Waals surface area (Å²) in [7, 11) is 0. The highest BCUT2D eigenvalue weighted by Gasteiger charge is 2.31. The summed E-state index contributed by atoms with van der Waals surface area (Å²) < 4.78 is 5.32. The molecule has 20 heavy (non-hydrogen) atoms. The third-order valence-electron chi connectivity index (χ3n) is 3.87. The lowest BCUT2D eigenvalue weighted by atomic mass is 9.81. The summed E-state index contributed by atoms with van der Waals surface area (Å²) in [6.45, 7) is 2.91. The number of aliphatic hydroxyl groups excluding tert-OH is 1. The number of nitro benzene ring substituents is 1. The standard InChI is InChI=1S/C14H20N2O4/c17-11-14(5-7-20-8-6-14)10-15-9-12-1-3-13(4-2-12)16(18)19/h1-4,15,17H,5-11H2. The molecule has 0 saturated carbocycles. The lowest BCUT2D eigenvalue weighted by molar-refractivity contribution is -0.384. The van der Waals surface area contributed by atoms with Gasteiger partial charge in [0.05, 0.1) is 11.5 Å².